The van der Waals surface area contributed by atoms with Gasteiger partial charge in [-0.05, 0) is 25.0 Å². The molecule has 2 heterocycles. The van der Waals surface area contributed by atoms with Gasteiger partial charge in [0.2, 0.25) is 5.91 Å². The van der Waals surface area contributed by atoms with E-state index in [4.69, 9.17) is 0 Å². The number of aromatic nitrogens is 2. The van der Waals surface area contributed by atoms with Crippen LogP contribution in [0.4, 0.5) is 24.7 Å². The van der Waals surface area contributed by atoms with Gasteiger partial charge in [0.15, 0.2) is 17.5 Å². The fraction of sp³-hybridized carbons (Fsp3) is 0.227. The molecule has 8 heteroatoms. The van der Waals surface area contributed by atoms with Crippen molar-refractivity contribution in [3.8, 4) is 11.3 Å². The van der Waals surface area contributed by atoms with Gasteiger partial charge < -0.3 is 10.2 Å². The van der Waals surface area contributed by atoms with Gasteiger partial charge in [0.1, 0.15) is 12.1 Å². The third kappa shape index (κ3) is 4.12. The van der Waals surface area contributed by atoms with E-state index in [1.165, 1.54) is 6.33 Å². The summed E-state index contributed by atoms with van der Waals surface area (Å²) in [4.78, 5) is 23.2. The average Bonchev–Trinajstić information content (AvgIpc) is 2.80. The molecule has 0 bridgehead atoms. The number of hydrogen-bond donors (Lipinski definition) is 1. The molecular formula is C22H19F3N4O. The van der Waals surface area contributed by atoms with E-state index in [9.17, 15) is 18.0 Å². The molecule has 0 atom stereocenters. The maximum Gasteiger partial charge on any atom is 0.227 e. The predicted octanol–water partition coefficient (Wildman–Crippen LogP) is 4.42. The van der Waals surface area contributed by atoms with E-state index in [-0.39, 0.29) is 11.6 Å². The van der Waals surface area contributed by atoms with Crippen molar-refractivity contribution in [2.24, 2.45) is 5.92 Å². The number of nitrogens with zero attached hydrogens (tertiary/aromatic N) is 3. The van der Waals surface area contributed by atoms with Crippen LogP contribution in [0.5, 0.6) is 0 Å². The van der Waals surface area contributed by atoms with Crippen LogP contribution in [0.1, 0.15) is 12.8 Å². The van der Waals surface area contributed by atoms with Gasteiger partial charge in [0, 0.05) is 30.6 Å². The molecule has 1 fully saturated rings. The van der Waals surface area contributed by atoms with Crippen molar-refractivity contribution in [1.82, 2.24) is 9.97 Å². The average molecular weight is 412 g/mol. The van der Waals surface area contributed by atoms with Crippen molar-refractivity contribution >= 4 is 17.4 Å². The monoisotopic (exact) mass is 412 g/mol. The zero-order valence-corrected chi connectivity index (χ0v) is 16.0. The number of anilines is 2. The Morgan fingerprint density at radius 3 is 2.43 bits per heavy atom. The standard InChI is InChI=1S/C22H19F3N4O/c23-16-6-7-17(21(25)20(16)24)28-22(30)15-8-10-29(11-9-15)19-12-18(26-13-27-19)14-4-2-1-3-5-14/h1-7,12-13,15H,8-11H2,(H,28,30). The second-order valence-electron chi connectivity index (χ2n) is 7.10. The number of carbonyl (C=O) groups is 1. The Morgan fingerprint density at radius 1 is 0.967 bits per heavy atom. The van der Waals surface area contributed by atoms with Gasteiger partial charge in [-0.15, -0.1) is 0 Å². The number of rotatable bonds is 4. The Labute approximate surface area is 171 Å². The van der Waals surface area contributed by atoms with E-state index in [2.05, 4.69) is 20.2 Å². The molecule has 0 unspecified atom stereocenters. The molecule has 5 nitrogen and oxygen atoms in total. The molecule has 3 aromatic rings. The molecule has 1 saturated heterocycles. The number of benzene rings is 2. The summed E-state index contributed by atoms with van der Waals surface area (Å²) in [5.41, 5.74) is 1.45. The zero-order chi connectivity index (χ0) is 21.1. The molecule has 0 aliphatic carbocycles. The summed E-state index contributed by atoms with van der Waals surface area (Å²) in [5.74, 6) is -4.28. The highest BCUT2D eigenvalue weighted by Crippen LogP contribution is 2.27. The third-order valence-electron chi connectivity index (χ3n) is 5.20. The molecule has 4 rings (SSSR count). The fourth-order valence-corrected chi connectivity index (χ4v) is 3.51. The largest absolute Gasteiger partial charge is 0.356 e. The van der Waals surface area contributed by atoms with E-state index >= 15 is 0 Å². The molecule has 0 saturated carbocycles. The maximum absolute atomic E-state index is 13.8. The molecule has 0 spiro atoms. The summed E-state index contributed by atoms with van der Waals surface area (Å²) in [6.07, 6.45) is 2.58. The first-order valence-corrected chi connectivity index (χ1v) is 9.59. The van der Waals surface area contributed by atoms with Crippen LogP contribution in [0.3, 0.4) is 0 Å². The van der Waals surface area contributed by atoms with Gasteiger partial charge in [-0.2, -0.15) is 0 Å². The Morgan fingerprint density at radius 2 is 1.70 bits per heavy atom. The Kier molecular flexibility index (Phi) is 5.65. The van der Waals surface area contributed by atoms with Gasteiger partial charge in [0.05, 0.1) is 11.4 Å². The number of amides is 1. The topological polar surface area (TPSA) is 58.1 Å². The zero-order valence-electron chi connectivity index (χ0n) is 16.0. The number of hydrogen-bond acceptors (Lipinski definition) is 4. The van der Waals surface area contributed by atoms with Gasteiger partial charge >= 0.3 is 0 Å². The summed E-state index contributed by atoms with van der Waals surface area (Å²) in [6, 6.07) is 13.5. The van der Waals surface area contributed by atoms with Crippen LogP contribution in [-0.4, -0.2) is 29.0 Å². The molecule has 0 radical (unpaired) electrons. The first kappa shape index (κ1) is 19.9. The van der Waals surface area contributed by atoms with Crippen molar-refractivity contribution in [3.63, 3.8) is 0 Å². The predicted molar refractivity (Wildman–Crippen MR) is 107 cm³/mol. The highest BCUT2D eigenvalue weighted by Gasteiger charge is 2.27. The van der Waals surface area contributed by atoms with Gasteiger partial charge in [-0.1, -0.05) is 30.3 Å². The Bertz CT molecular complexity index is 1050. The Balaban J connectivity index is 1.39. The highest BCUT2D eigenvalue weighted by molar-refractivity contribution is 5.92. The molecule has 1 aromatic heterocycles. The molecule has 2 aromatic carbocycles. The molecule has 1 amide bonds. The van der Waals surface area contributed by atoms with E-state index in [1.54, 1.807) is 0 Å². The summed E-state index contributed by atoms with van der Waals surface area (Å²) >= 11 is 0. The van der Waals surface area contributed by atoms with Crippen molar-refractivity contribution in [1.29, 1.82) is 0 Å². The molecule has 30 heavy (non-hydrogen) atoms. The maximum atomic E-state index is 13.8. The van der Waals surface area contributed by atoms with Gasteiger partial charge in [0.25, 0.3) is 0 Å². The third-order valence-corrected chi connectivity index (χ3v) is 5.20. The number of carbonyl (C=O) groups excluding carboxylic acids is 1. The molecular weight excluding hydrogens is 393 g/mol. The minimum atomic E-state index is -1.60. The van der Waals surface area contributed by atoms with Crippen LogP contribution < -0.4 is 10.2 Å². The van der Waals surface area contributed by atoms with E-state index in [1.807, 2.05) is 36.4 Å². The van der Waals surface area contributed by atoms with Gasteiger partial charge in [-0.3, -0.25) is 4.79 Å². The van der Waals surface area contributed by atoms with Crippen molar-refractivity contribution in [2.45, 2.75) is 12.8 Å². The fourth-order valence-electron chi connectivity index (χ4n) is 3.51. The summed E-state index contributed by atoms with van der Waals surface area (Å²) in [6.45, 7) is 1.17. The minimum Gasteiger partial charge on any atom is -0.356 e. The van der Waals surface area contributed by atoms with Crippen LogP contribution in [0.15, 0.2) is 54.9 Å². The van der Waals surface area contributed by atoms with Crippen LogP contribution >= 0.6 is 0 Å². The van der Waals surface area contributed by atoms with Crippen LogP contribution in [0.2, 0.25) is 0 Å². The van der Waals surface area contributed by atoms with Crippen LogP contribution in [-0.2, 0) is 4.79 Å². The normalized spacial score (nSPS) is 14.6. The van der Waals surface area contributed by atoms with Crippen molar-refractivity contribution in [2.75, 3.05) is 23.3 Å². The first-order chi connectivity index (χ1) is 14.5. The smallest absolute Gasteiger partial charge is 0.227 e. The van der Waals surface area contributed by atoms with Crippen LogP contribution in [0.25, 0.3) is 11.3 Å². The lowest BCUT2D eigenvalue weighted by atomic mass is 9.95. The molecule has 154 valence electrons. The van der Waals surface area contributed by atoms with Crippen molar-refractivity contribution in [3.05, 3.63) is 72.3 Å². The lowest BCUT2D eigenvalue weighted by molar-refractivity contribution is -0.120. The van der Waals surface area contributed by atoms with E-state index < -0.39 is 23.4 Å². The summed E-state index contributed by atoms with van der Waals surface area (Å²) < 4.78 is 40.2. The highest BCUT2D eigenvalue weighted by atomic mass is 19.2. The first-order valence-electron chi connectivity index (χ1n) is 9.59. The van der Waals surface area contributed by atoms with Gasteiger partial charge in [-0.25, -0.2) is 23.1 Å². The minimum absolute atomic E-state index is 0.357. The number of halogens is 3. The molecule has 1 N–H and O–H groups in total. The second kappa shape index (κ2) is 8.52. The molecule has 1 aliphatic heterocycles. The molecule has 1 aliphatic rings. The summed E-state index contributed by atoms with van der Waals surface area (Å²) in [7, 11) is 0. The lowest BCUT2D eigenvalue weighted by Crippen LogP contribution is -2.38. The lowest BCUT2D eigenvalue weighted by Gasteiger charge is -2.32. The quantitative estimate of drug-likeness (QED) is 0.645. The SMILES string of the molecule is O=C(Nc1ccc(F)c(F)c1F)C1CCN(c2cc(-c3ccccc3)ncn2)CC1. The van der Waals surface area contributed by atoms with Crippen LogP contribution in [0, 0.1) is 23.4 Å². The number of piperidine rings is 1. The summed E-state index contributed by atoms with van der Waals surface area (Å²) in [5, 5.41) is 2.37. The Hall–Kier alpha value is -3.42. The number of nitrogens with one attached hydrogen (secondary N) is 1. The van der Waals surface area contributed by atoms with Crippen molar-refractivity contribution < 1.29 is 18.0 Å². The van der Waals surface area contributed by atoms with E-state index in [0.717, 1.165) is 29.2 Å². The second-order valence-corrected chi connectivity index (χ2v) is 7.10. The van der Waals surface area contributed by atoms with E-state index in [0.29, 0.717) is 25.9 Å².